The Morgan fingerprint density at radius 2 is 2.00 bits per heavy atom. The van der Waals surface area contributed by atoms with Crippen molar-refractivity contribution in [3.63, 3.8) is 0 Å². The van der Waals surface area contributed by atoms with Crippen molar-refractivity contribution in [2.24, 2.45) is 0 Å². The zero-order valence-corrected chi connectivity index (χ0v) is 15.4. The van der Waals surface area contributed by atoms with E-state index in [0.717, 1.165) is 15.2 Å². The molecule has 0 spiro atoms. The maximum Gasteiger partial charge on any atom is 0.340 e. The zero-order valence-electron chi connectivity index (χ0n) is 14.5. The van der Waals surface area contributed by atoms with Crippen LogP contribution in [-0.4, -0.2) is 22.5 Å². The molecule has 0 aliphatic heterocycles. The minimum Gasteiger partial charge on any atom is -0.462 e. The van der Waals surface area contributed by atoms with Crippen LogP contribution in [0.2, 0.25) is 0 Å². The lowest BCUT2D eigenvalue weighted by Gasteiger charge is -2.07. The number of carbonyl (C=O) groups is 1. The van der Waals surface area contributed by atoms with Gasteiger partial charge in [-0.1, -0.05) is 17.8 Å². The molecule has 0 aliphatic rings. The molecule has 4 N–H and O–H groups in total. The minimum atomic E-state index is -0.454. The number of ether oxygens (including phenoxy) is 1. The standard InChI is InChI=1S/C20H17N3O3S/c1-2-26-20(25)15-10-22-18-17(15)14-9-13(6-7-16(14)23-19(18)24)27-12-5-3-4-11(21)8-12/h3-10,22H,2,21H2,1H3,(H,23,24). The number of nitrogens with one attached hydrogen (secondary N) is 2. The number of pyridine rings is 1. The lowest BCUT2D eigenvalue weighted by atomic mass is 10.1. The van der Waals surface area contributed by atoms with E-state index in [1.54, 1.807) is 18.7 Å². The van der Waals surface area contributed by atoms with Crippen LogP contribution in [0.3, 0.4) is 0 Å². The van der Waals surface area contributed by atoms with Crippen molar-refractivity contribution in [3.05, 3.63) is 64.6 Å². The third-order valence-corrected chi connectivity index (χ3v) is 5.18. The molecule has 0 radical (unpaired) electrons. The van der Waals surface area contributed by atoms with Gasteiger partial charge in [-0.05, 0) is 43.3 Å². The van der Waals surface area contributed by atoms with E-state index < -0.39 is 5.97 Å². The third-order valence-electron chi connectivity index (χ3n) is 4.20. The van der Waals surface area contributed by atoms with Crippen molar-refractivity contribution in [1.29, 1.82) is 0 Å². The Hall–Kier alpha value is -3.19. The molecule has 0 saturated heterocycles. The van der Waals surface area contributed by atoms with Gasteiger partial charge in [0.15, 0.2) is 0 Å². The Kier molecular flexibility index (Phi) is 4.37. The summed E-state index contributed by atoms with van der Waals surface area (Å²) in [5.41, 5.74) is 7.65. The quantitative estimate of drug-likeness (QED) is 0.368. The molecule has 2 aromatic carbocycles. The van der Waals surface area contributed by atoms with Crippen LogP contribution in [0.4, 0.5) is 5.69 Å². The lowest BCUT2D eigenvalue weighted by molar-refractivity contribution is 0.0529. The van der Waals surface area contributed by atoms with Crippen molar-refractivity contribution in [2.45, 2.75) is 16.7 Å². The molecule has 2 aromatic heterocycles. The largest absolute Gasteiger partial charge is 0.462 e. The first-order valence-corrected chi connectivity index (χ1v) is 9.26. The van der Waals surface area contributed by atoms with Crippen molar-refractivity contribution in [1.82, 2.24) is 9.97 Å². The highest BCUT2D eigenvalue weighted by atomic mass is 32.2. The zero-order chi connectivity index (χ0) is 19.0. The van der Waals surface area contributed by atoms with E-state index in [4.69, 9.17) is 10.5 Å². The van der Waals surface area contributed by atoms with Gasteiger partial charge in [-0.25, -0.2) is 4.79 Å². The maximum atomic E-state index is 12.3. The van der Waals surface area contributed by atoms with Crippen molar-refractivity contribution in [3.8, 4) is 0 Å². The Labute approximate surface area is 158 Å². The fraction of sp³-hybridized carbons (Fsp3) is 0.100. The molecule has 0 atom stereocenters. The molecule has 4 aromatic rings. The number of benzene rings is 2. The number of esters is 1. The summed E-state index contributed by atoms with van der Waals surface area (Å²) in [7, 11) is 0. The molecular weight excluding hydrogens is 362 g/mol. The second-order valence-electron chi connectivity index (χ2n) is 6.01. The average Bonchev–Trinajstić information content (AvgIpc) is 3.09. The van der Waals surface area contributed by atoms with Crippen molar-refractivity contribution in [2.75, 3.05) is 12.3 Å². The molecule has 0 unspecified atom stereocenters. The van der Waals surface area contributed by atoms with Crippen LogP contribution in [0.25, 0.3) is 21.8 Å². The first kappa shape index (κ1) is 17.2. The number of nitrogens with two attached hydrogens (primary N) is 1. The first-order valence-electron chi connectivity index (χ1n) is 8.44. The highest BCUT2D eigenvalue weighted by Crippen LogP contribution is 2.33. The van der Waals surface area contributed by atoms with Crippen molar-refractivity contribution >= 4 is 45.2 Å². The number of hydrogen-bond donors (Lipinski definition) is 3. The third kappa shape index (κ3) is 3.17. The minimum absolute atomic E-state index is 0.267. The molecule has 0 bridgehead atoms. The van der Waals surface area contributed by atoms with Gasteiger partial charge in [-0.3, -0.25) is 4.79 Å². The number of rotatable bonds is 4. The van der Waals surface area contributed by atoms with Crippen LogP contribution in [0.5, 0.6) is 0 Å². The van der Waals surface area contributed by atoms with E-state index in [2.05, 4.69) is 9.97 Å². The predicted molar refractivity (Wildman–Crippen MR) is 107 cm³/mol. The Morgan fingerprint density at radius 3 is 2.78 bits per heavy atom. The van der Waals surface area contributed by atoms with Crippen LogP contribution in [0.1, 0.15) is 17.3 Å². The van der Waals surface area contributed by atoms with Gasteiger partial charge in [0.2, 0.25) is 0 Å². The van der Waals surface area contributed by atoms with E-state index >= 15 is 0 Å². The molecule has 6 nitrogen and oxygen atoms in total. The number of carbonyl (C=O) groups excluding carboxylic acids is 1. The molecule has 0 amide bonds. The summed E-state index contributed by atoms with van der Waals surface area (Å²) in [5.74, 6) is -0.454. The fourth-order valence-electron chi connectivity index (χ4n) is 3.05. The van der Waals surface area contributed by atoms with Gasteiger partial charge in [-0.2, -0.15) is 0 Å². The summed E-state index contributed by atoms with van der Waals surface area (Å²) < 4.78 is 5.13. The Morgan fingerprint density at radius 1 is 1.19 bits per heavy atom. The van der Waals surface area contributed by atoms with Gasteiger partial charge in [0.25, 0.3) is 5.56 Å². The maximum absolute atomic E-state index is 12.3. The van der Waals surface area contributed by atoms with Gasteiger partial charge in [-0.15, -0.1) is 0 Å². The topological polar surface area (TPSA) is 101 Å². The van der Waals surface area contributed by atoms with Gasteiger partial charge in [0.05, 0.1) is 12.2 Å². The van der Waals surface area contributed by atoms with Crippen LogP contribution in [-0.2, 0) is 4.74 Å². The van der Waals surface area contributed by atoms with Crippen molar-refractivity contribution < 1.29 is 9.53 Å². The van der Waals surface area contributed by atoms with Gasteiger partial charge in [0.1, 0.15) is 5.52 Å². The van der Waals surface area contributed by atoms with E-state index in [1.165, 1.54) is 6.20 Å². The Bertz CT molecular complexity index is 1230. The van der Waals surface area contributed by atoms with E-state index in [9.17, 15) is 9.59 Å². The van der Waals surface area contributed by atoms with Crippen LogP contribution >= 0.6 is 11.8 Å². The summed E-state index contributed by atoms with van der Waals surface area (Å²) in [6.07, 6.45) is 1.52. The number of nitrogen functional groups attached to an aromatic ring is 1. The van der Waals surface area contributed by atoms with Crippen LogP contribution in [0, 0.1) is 0 Å². The number of aromatic nitrogens is 2. The van der Waals surface area contributed by atoms with Crippen LogP contribution < -0.4 is 11.3 Å². The number of fused-ring (bicyclic) bond motifs is 3. The number of H-pyrrole nitrogens is 2. The average molecular weight is 379 g/mol. The number of aromatic amines is 2. The second kappa shape index (κ2) is 6.85. The van der Waals surface area contributed by atoms with Gasteiger partial charge < -0.3 is 20.4 Å². The molecular formula is C20H17N3O3S. The molecule has 2 heterocycles. The summed E-state index contributed by atoms with van der Waals surface area (Å²) in [6, 6.07) is 13.3. The highest BCUT2D eigenvalue weighted by molar-refractivity contribution is 7.99. The SMILES string of the molecule is CCOC(=O)c1c[nH]c2c(=O)[nH]c3ccc(Sc4cccc(N)c4)cc3c12. The number of anilines is 1. The second-order valence-corrected chi connectivity index (χ2v) is 7.16. The highest BCUT2D eigenvalue weighted by Gasteiger charge is 2.18. The summed E-state index contributed by atoms with van der Waals surface area (Å²) in [6.45, 7) is 2.02. The normalized spacial score (nSPS) is 11.1. The molecule has 0 aliphatic carbocycles. The van der Waals surface area contributed by atoms with E-state index in [1.807, 2.05) is 42.5 Å². The van der Waals surface area contributed by atoms with Crippen LogP contribution in [0.15, 0.2) is 63.2 Å². The van der Waals surface area contributed by atoms with Gasteiger partial charge >= 0.3 is 5.97 Å². The van der Waals surface area contributed by atoms with E-state index in [0.29, 0.717) is 27.7 Å². The van der Waals surface area contributed by atoms with Gasteiger partial charge in [0, 0.05) is 38.0 Å². The number of hydrogen-bond acceptors (Lipinski definition) is 5. The smallest absolute Gasteiger partial charge is 0.340 e. The summed E-state index contributed by atoms with van der Waals surface area (Å²) in [4.78, 5) is 32.4. The predicted octanol–water partition coefficient (Wildman–Crippen LogP) is 3.92. The summed E-state index contributed by atoms with van der Waals surface area (Å²) >= 11 is 1.56. The Balaban J connectivity index is 1.89. The molecule has 7 heteroatoms. The fourth-order valence-corrected chi connectivity index (χ4v) is 3.98. The lowest BCUT2D eigenvalue weighted by Crippen LogP contribution is -2.08. The molecule has 0 fully saturated rings. The molecule has 4 rings (SSSR count). The summed E-state index contributed by atoms with van der Waals surface area (Å²) in [5, 5.41) is 1.35. The molecule has 136 valence electrons. The molecule has 27 heavy (non-hydrogen) atoms. The monoisotopic (exact) mass is 379 g/mol. The first-order chi connectivity index (χ1) is 13.1. The van der Waals surface area contributed by atoms with E-state index in [-0.39, 0.29) is 12.2 Å². The molecule has 0 saturated carbocycles.